The monoisotopic (exact) mass is 216 g/mol. The van der Waals surface area contributed by atoms with Gasteiger partial charge in [-0.1, -0.05) is 18.2 Å². The van der Waals surface area contributed by atoms with Crippen LogP contribution in [0.15, 0.2) is 42.6 Å². The Hall–Kier alpha value is -1.90. The van der Waals surface area contributed by atoms with Crippen molar-refractivity contribution in [3.05, 3.63) is 54.1 Å². The van der Waals surface area contributed by atoms with Gasteiger partial charge in [-0.05, 0) is 24.6 Å². The minimum Gasteiger partial charge on any atom is -0.344 e. The first-order valence-corrected chi connectivity index (χ1v) is 5.09. The van der Waals surface area contributed by atoms with Crippen LogP contribution in [0.1, 0.15) is 5.56 Å². The van der Waals surface area contributed by atoms with E-state index in [0.29, 0.717) is 0 Å². The number of halogens is 1. The highest BCUT2D eigenvalue weighted by atomic mass is 19.1. The normalized spacial score (nSPS) is 10.2. The number of benzene rings is 1. The molecule has 0 radical (unpaired) electrons. The fourth-order valence-corrected chi connectivity index (χ4v) is 1.68. The Morgan fingerprint density at radius 1 is 1.19 bits per heavy atom. The van der Waals surface area contributed by atoms with Crippen LogP contribution < -0.4 is 4.90 Å². The number of hydrogen-bond donors (Lipinski definition) is 0. The van der Waals surface area contributed by atoms with Gasteiger partial charge in [0.1, 0.15) is 0 Å². The highest BCUT2D eigenvalue weighted by Crippen LogP contribution is 2.25. The third-order valence-corrected chi connectivity index (χ3v) is 2.57. The molecule has 0 aliphatic rings. The van der Waals surface area contributed by atoms with E-state index in [1.807, 2.05) is 43.1 Å². The highest BCUT2D eigenvalue weighted by molar-refractivity contribution is 5.64. The molecule has 16 heavy (non-hydrogen) atoms. The summed E-state index contributed by atoms with van der Waals surface area (Å²) in [7, 11) is 1.91. The Morgan fingerprint density at radius 2 is 1.94 bits per heavy atom. The largest absolute Gasteiger partial charge is 0.344 e. The molecule has 0 unspecified atom stereocenters. The first-order valence-electron chi connectivity index (χ1n) is 5.09. The second-order valence-corrected chi connectivity index (χ2v) is 3.68. The number of aromatic nitrogens is 1. The summed E-state index contributed by atoms with van der Waals surface area (Å²) in [5.41, 5.74) is 3.01. The quantitative estimate of drug-likeness (QED) is 0.716. The molecule has 0 saturated carbocycles. The van der Waals surface area contributed by atoms with Gasteiger partial charge in [0, 0.05) is 30.7 Å². The summed E-state index contributed by atoms with van der Waals surface area (Å²) < 4.78 is 13.0. The lowest BCUT2D eigenvalue weighted by molar-refractivity contribution is 0.584. The smallest absolute Gasteiger partial charge is 0.214 e. The number of anilines is 2. The van der Waals surface area contributed by atoms with E-state index >= 15 is 0 Å². The molecule has 0 atom stereocenters. The van der Waals surface area contributed by atoms with Gasteiger partial charge >= 0.3 is 0 Å². The van der Waals surface area contributed by atoms with E-state index in [4.69, 9.17) is 0 Å². The van der Waals surface area contributed by atoms with E-state index in [-0.39, 0.29) is 0 Å². The first-order chi connectivity index (χ1) is 7.68. The zero-order chi connectivity index (χ0) is 11.5. The number of nitrogens with zero attached hydrogens (tertiary/aromatic N) is 2. The van der Waals surface area contributed by atoms with Gasteiger partial charge in [-0.15, -0.1) is 0 Å². The van der Waals surface area contributed by atoms with Crippen LogP contribution >= 0.6 is 0 Å². The van der Waals surface area contributed by atoms with Gasteiger partial charge in [-0.3, -0.25) is 0 Å². The topological polar surface area (TPSA) is 16.1 Å². The predicted molar refractivity (Wildman–Crippen MR) is 63.4 cm³/mol. The van der Waals surface area contributed by atoms with Crippen molar-refractivity contribution in [3.63, 3.8) is 0 Å². The first kappa shape index (κ1) is 10.6. The fourth-order valence-electron chi connectivity index (χ4n) is 1.68. The van der Waals surface area contributed by atoms with Crippen LogP contribution in [-0.2, 0) is 0 Å². The van der Waals surface area contributed by atoms with Gasteiger partial charge in [0.05, 0.1) is 0 Å². The predicted octanol–water partition coefficient (Wildman–Crippen LogP) is 3.30. The van der Waals surface area contributed by atoms with Gasteiger partial charge in [0.2, 0.25) is 5.95 Å². The molecular formula is C13H13FN2. The van der Waals surface area contributed by atoms with Crippen molar-refractivity contribution in [1.82, 2.24) is 4.98 Å². The number of hydrogen-bond acceptors (Lipinski definition) is 2. The van der Waals surface area contributed by atoms with Gasteiger partial charge in [0.15, 0.2) is 0 Å². The molecule has 0 spiro atoms. The number of aryl methyl sites for hydroxylation is 1. The van der Waals surface area contributed by atoms with Crippen LogP contribution in [0.5, 0.6) is 0 Å². The molecule has 1 aromatic carbocycles. The molecule has 82 valence electrons. The molecule has 1 heterocycles. The molecule has 2 aromatic rings. The molecule has 3 heteroatoms. The number of para-hydroxylation sites is 1. The summed E-state index contributed by atoms with van der Waals surface area (Å²) in [6, 6.07) is 11.2. The van der Waals surface area contributed by atoms with Gasteiger partial charge in [-0.25, -0.2) is 4.98 Å². The van der Waals surface area contributed by atoms with Gasteiger partial charge in [-0.2, -0.15) is 4.39 Å². The highest BCUT2D eigenvalue weighted by Gasteiger charge is 2.06. The van der Waals surface area contributed by atoms with Crippen molar-refractivity contribution in [2.75, 3.05) is 11.9 Å². The Bertz CT molecular complexity index is 497. The third-order valence-electron chi connectivity index (χ3n) is 2.57. The second-order valence-electron chi connectivity index (χ2n) is 3.68. The maximum Gasteiger partial charge on any atom is 0.214 e. The molecule has 2 nitrogen and oxygen atoms in total. The standard InChI is InChI=1S/C13H13FN2/c1-10-5-3-4-6-12(10)16(2)11-7-8-15-13(14)9-11/h3-9H,1-2H3. The summed E-state index contributed by atoms with van der Waals surface area (Å²) >= 11 is 0. The zero-order valence-corrected chi connectivity index (χ0v) is 9.31. The molecule has 0 saturated heterocycles. The van der Waals surface area contributed by atoms with Crippen LogP contribution in [0.4, 0.5) is 15.8 Å². The van der Waals surface area contributed by atoms with Crippen LogP contribution in [-0.4, -0.2) is 12.0 Å². The molecule has 0 aliphatic heterocycles. The summed E-state index contributed by atoms with van der Waals surface area (Å²) in [6.07, 6.45) is 1.47. The van der Waals surface area contributed by atoms with Crippen LogP contribution in [0.2, 0.25) is 0 Å². The van der Waals surface area contributed by atoms with E-state index in [1.54, 1.807) is 6.07 Å². The fraction of sp³-hybridized carbons (Fsp3) is 0.154. The number of pyridine rings is 1. The maximum atomic E-state index is 13.0. The molecule has 0 N–H and O–H groups in total. The average molecular weight is 216 g/mol. The lowest BCUT2D eigenvalue weighted by atomic mass is 10.2. The second kappa shape index (κ2) is 4.31. The zero-order valence-electron chi connectivity index (χ0n) is 9.31. The minimum atomic E-state index is -0.460. The van der Waals surface area contributed by atoms with E-state index in [0.717, 1.165) is 16.9 Å². The Balaban J connectivity index is 2.39. The SMILES string of the molecule is Cc1ccccc1N(C)c1ccnc(F)c1. The van der Waals surface area contributed by atoms with Crippen LogP contribution in [0.3, 0.4) is 0 Å². The third kappa shape index (κ3) is 2.03. The van der Waals surface area contributed by atoms with Crippen molar-refractivity contribution in [3.8, 4) is 0 Å². The lowest BCUT2D eigenvalue weighted by Crippen LogP contribution is -2.11. The Morgan fingerprint density at radius 3 is 2.62 bits per heavy atom. The molecule has 1 aromatic heterocycles. The van der Waals surface area contributed by atoms with E-state index in [2.05, 4.69) is 4.98 Å². The van der Waals surface area contributed by atoms with Crippen molar-refractivity contribution in [2.24, 2.45) is 0 Å². The van der Waals surface area contributed by atoms with Gasteiger partial charge < -0.3 is 4.90 Å². The molecule has 0 bridgehead atoms. The summed E-state index contributed by atoms with van der Waals surface area (Å²) in [6.45, 7) is 2.03. The molecular weight excluding hydrogens is 203 g/mol. The Labute approximate surface area is 94.4 Å². The van der Waals surface area contributed by atoms with E-state index in [1.165, 1.54) is 12.3 Å². The van der Waals surface area contributed by atoms with Crippen molar-refractivity contribution >= 4 is 11.4 Å². The van der Waals surface area contributed by atoms with Crippen molar-refractivity contribution in [1.29, 1.82) is 0 Å². The average Bonchev–Trinajstić information content (AvgIpc) is 2.29. The molecule has 0 fully saturated rings. The van der Waals surface area contributed by atoms with Crippen LogP contribution in [0.25, 0.3) is 0 Å². The summed E-state index contributed by atoms with van der Waals surface area (Å²) in [5, 5.41) is 0. The molecule has 2 rings (SSSR count). The van der Waals surface area contributed by atoms with Crippen molar-refractivity contribution in [2.45, 2.75) is 6.92 Å². The number of rotatable bonds is 2. The van der Waals surface area contributed by atoms with E-state index < -0.39 is 5.95 Å². The van der Waals surface area contributed by atoms with Crippen LogP contribution in [0, 0.1) is 12.9 Å². The summed E-state index contributed by atoms with van der Waals surface area (Å²) in [4.78, 5) is 5.49. The molecule has 0 aliphatic carbocycles. The maximum absolute atomic E-state index is 13.0. The molecule has 0 amide bonds. The van der Waals surface area contributed by atoms with Gasteiger partial charge in [0.25, 0.3) is 0 Å². The van der Waals surface area contributed by atoms with Crippen molar-refractivity contribution < 1.29 is 4.39 Å². The lowest BCUT2D eigenvalue weighted by Gasteiger charge is -2.21. The Kier molecular flexibility index (Phi) is 2.86. The summed E-state index contributed by atoms with van der Waals surface area (Å²) in [5.74, 6) is -0.460. The van der Waals surface area contributed by atoms with E-state index in [9.17, 15) is 4.39 Å². The minimum absolute atomic E-state index is 0.460.